The number of aromatic carboxylic acids is 1. The van der Waals surface area contributed by atoms with Crippen molar-refractivity contribution in [1.82, 2.24) is 9.78 Å². The molecule has 15 heavy (non-hydrogen) atoms. The summed E-state index contributed by atoms with van der Waals surface area (Å²) in [6, 6.07) is 3.24. The molecule has 1 aromatic carbocycles. The second-order valence-electron chi connectivity index (χ2n) is 3.15. The first kappa shape index (κ1) is 9.51. The molecule has 0 aliphatic rings. The molecule has 1 heterocycles. The molecule has 0 aliphatic heterocycles. The van der Waals surface area contributed by atoms with Crippen LogP contribution in [0.4, 0.5) is 0 Å². The first-order valence-corrected chi connectivity index (χ1v) is 4.37. The second-order valence-corrected chi connectivity index (χ2v) is 3.15. The third-order valence-corrected chi connectivity index (χ3v) is 2.32. The number of carboxylic acid groups (broad SMARTS) is 1. The predicted molar refractivity (Wildman–Crippen MR) is 54.2 cm³/mol. The van der Waals surface area contributed by atoms with Crippen molar-refractivity contribution in [2.45, 2.75) is 0 Å². The number of methoxy groups -OCH3 is 1. The lowest BCUT2D eigenvalue weighted by Crippen LogP contribution is -2.00. The Kier molecular flexibility index (Phi) is 2.07. The number of hydrogen-bond donors (Lipinski definition) is 1. The molecule has 2 rings (SSSR count). The average molecular weight is 206 g/mol. The van der Waals surface area contributed by atoms with Crippen LogP contribution in [0.15, 0.2) is 18.3 Å². The minimum absolute atomic E-state index is 0.151. The molecule has 0 amide bonds. The van der Waals surface area contributed by atoms with Crippen molar-refractivity contribution in [1.29, 1.82) is 0 Å². The summed E-state index contributed by atoms with van der Waals surface area (Å²) in [4.78, 5) is 10.9. The summed E-state index contributed by atoms with van der Waals surface area (Å²) in [5.74, 6) is -0.647. The van der Waals surface area contributed by atoms with E-state index in [9.17, 15) is 4.79 Å². The average Bonchev–Trinajstić information content (AvgIpc) is 2.59. The van der Waals surface area contributed by atoms with Gasteiger partial charge in [0.05, 0.1) is 24.2 Å². The molecule has 0 atom stereocenters. The fraction of sp³-hybridized carbons (Fsp3) is 0.200. The molecular weight excluding hydrogens is 196 g/mol. The van der Waals surface area contributed by atoms with Crippen molar-refractivity contribution in [2.75, 3.05) is 7.11 Å². The van der Waals surface area contributed by atoms with Gasteiger partial charge in [-0.1, -0.05) is 0 Å². The van der Waals surface area contributed by atoms with Gasteiger partial charge in [0.2, 0.25) is 0 Å². The van der Waals surface area contributed by atoms with Gasteiger partial charge in [0.25, 0.3) is 0 Å². The van der Waals surface area contributed by atoms with Crippen LogP contribution in [0.2, 0.25) is 0 Å². The van der Waals surface area contributed by atoms with Crippen molar-refractivity contribution in [3.05, 3.63) is 23.9 Å². The summed E-state index contributed by atoms with van der Waals surface area (Å²) < 4.78 is 6.77. The van der Waals surface area contributed by atoms with Gasteiger partial charge in [0.15, 0.2) is 0 Å². The number of aryl methyl sites for hydroxylation is 1. The fourth-order valence-corrected chi connectivity index (χ4v) is 1.59. The Morgan fingerprint density at radius 3 is 2.87 bits per heavy atom. The summed E-state index contributed by atoms with van der Waals surface area (Å²) >= 11 is 0. The van der Waals surface area contributed by atoms with Gasteiger partial charge in [-0.3, -0.25) is 4.68 Å². The van der Waals surface area contributed by atoms with E-state index in [0.717, 1.165) is 5.52 Å². The van der Waals surface area contributed by atoms with Crippen LogP contribution >= 0.6 is 0 Å². The molecule has 0 saturated carbocycles. The highest BCUT2D eigenvalue weighted by atomic mass is 16.5. The fourth-order valence-electron chi connectivity index (χ4n) is 1.59. The highest BCUT2D eigenvalue weighted by molar-refractivity contribution is 5.99. The molecule has 0 unspecified atom stereocenters. The van der Waals surface area contributed by atoms with Crippen molar-refractivity contribution < 1.29 is 14.6 Å². The van der Waals surface area contributed by atoms with Gasteiger partial charge < -0.3 is 9.84 Å². The first-order chi connectivity index (χ1) is 7.15. The molecule has 5 nitrogen and oxygen atoms in total. The van der Waals surface area contributed by atoms with Gasteiger partial charge in [0.1, 0.15) is 11.3 Å². The maximum absolute atomic E-state index is 10.9. The Hall–Kier alpha value is -2.04. The van der Waals surface area contributed by atoms with Crippen LogP contribution in [0.3, 0.4) is 0 Å². The number of ether oxygens (including phenoxy) is 1. The van der Waals surface area contributed by atoms with Gasteiger partial charge in [-0.05, 0) is 12.1 Å². The SMILES string of the molecule is COc1c(C(=O)O)ccc2c1cnn2C. The molecule has 0 bridgehead atoms. The van der Waals surface area contributed by atoms with Crippen molar-refractivity contribution in [3.63, 3.8) is 0 Å². The van der Waals surface area contributed by atoms with Gasteiger partial charge in [0, 0.05) is 7.05 Å². The van der Waals surface area contributed by atoms with E-state index in [1.54, 1.807) is 24.0 Å². The van der Waals surface area contributed by atoms with Gasteiger partial charge in [-0.25, -0.2) is 4.79 Å². The lowest BCUT2D eigenvalue weighted by atomic mass is 10.1. The molecule has 0 saturated heterocycles. The minimum atomic E-state index is -1.00. The van der Waals surface area contributed by atoms with Gasteiger partial charge >= 0.3 is 5.97 Å². The van der Waals surface area contributed by atoms with Crippen molar-refractivity contribution in [2.24, 2.45) is 7.05 Å². The van der Waals surface area contributed by atoms with Crippen LogP contribution in [0.5, 0.6) is 5.75 Å². The minimum Gasteiger partial charge on any atom is -0.495 e. The molecule has 0 spiro atoms. The van der Waals surface area contributed by atoms with Crippen LogP contribution < -0.4 is 4.74 Å². The highest BCUT2D eigenvalue weighted by Crippen LogP contribution is 2.29. The van der Waals surface area contributed by atoms with Crippen LogP contribution in [-0.2, 0) is 7.05 Å². The number of carbonyl (C=O) groups is 1. The monoisotopic (exact) mass is 206 g/mol. The van der Waals surface area contributed by atoms with E-state index >= 15 is 0 Å². The third-order valence-electron chi connectivity index (χ3n) is 2.32. The standard InChI is InChI=1S/C10H10N2O3/c1-12-8-4-3-6(10(13)14)9(15-2)7(8)5-11-12/h3-5H,1-2H3,(H,13,14). The molecule has 78 valence electrons. The summed E-state index contributed by atoms with van der Waals surface area (Å²) in [6.45, 7) is 0. The topological polar surface area (TPSA) is 64.3 Å². The summed E-state index contributed by atoms with van der Waals surface area (Å²) in [7, 11) is 3.25. The van der Waals surface area contributed by atoms with E-state index in [1.165, 1.54) is 13.2 Å². The lowest BCUT2D eigenvalue weighted by molar-refractivity contribution is 0.0693. The number of nitrogens with zero attached hydrogens (tertiary/aromatic N) is 2. The van der Waals surface area contributed by atoms with Gasteiger partial charge in [-0.2, -0.15) is 5.10 Å². The Morgan fingerprint density at radius 1 is 1.53 bits per heavy atom. The normalized spacial score (nSPS) is 10.5. The van der Waals surface area contributed by atoms with E-state index in [0.29, 0.717) is 11.1 Å². The number of aromatic nitrogens is 2. The zero-order valence-corrected chi connectivity index (χ0v) is 8.39. The quantitative estimate of drug-likeness (QED) is 0.803. The molecule has 1 aromatic heterocycles. The summed E-state index contributed by atoms with van der Waals surface area (Å²) in [5, 5.41) is 13.7. The van der Waals surface area contributed by atoms with Crippen LogP contribution in [0.1, 0.15) is 10.4 Å². The number of rotatable bonds is 2. The molecule has 5 heteroatoms. The zero-order valence-electron chi connectivity index (χ0n) is 8.39. The molecule has 0 radical (unpaired) electrons. The second kappa shape index (κ2) is 3.27. The molecule has 0 aliphatic carbocycles. The maximum atomic E-state index is 10.9. The number of carboxylic acids is 1. The molecule has 0 fully saturated rings. The Balaban J connectivity index is 2.82. The summed E-state index contributed by atoms with van der Waals surface area (Å²) in [5.41, 5.74) is 0.995. The maximum Gasteiger partial charge on any atom is 0.339 e. The van der Waals surface area contributed by atoms with E-state index in [1.807, 2.05) is 0 Å². The third kappa shape index (κ3) is 1.32. The first-order valence-electron chi connectivity index (χ1n) is 4.37. The Labute approximate surface area is 85.9 Å². The predicted octanol–water partition coefficient (Wildman–Crippen LogP) is 1.28. The van der Waals surface area contributed by atoms with Crippen molar-refractivity contribution in [3.8, 4) is 5.75 Å². The van der Waals surface area contributed by atoms with E-state index < -0.39 is 5.97 Å². The Morgan fingerprint density at radius 2 is 2.27 bits per heavy atom. The lowest BCUT2D eigenvalue weighted by Gasteiger charge is -2.05. The zero-order chi connectivity index (χ0) is 11.0. The Bertz CT molecular complexity index is 531. The highest BCUT2D eigenvalue weighted by Gasteiger charge is 2.15. The smallest absolute Gasteiger partial charge is 0.339 e. The van der Waals surface area contributed by atoms with E-state index in [2.05, 4.69) is 5.10 Å². The van der Waals surface area contributed by atoms with Crippen LogP contribution in [-0.4, -0.2) is 28.0 Å². The number of fused-ring (bicyclic) bond motifs is 1. The number of hydrogen-bond acceptors (Lipinski definition) is 3. The molecule has 1 N–H and O–H groups in total. The van der Waals surface area contributed by atoms with E-state index in [4.69, 9.17) is 9.84 Å². The largest absolute Gasteiger partial charge is 0.495 e. The van der Waals surface area contributed by atoms with E-state index in [-0.39, 0.29) is 5.56 Å². The molecule has 2 aromatic rings. The van der Waals surface area contributed by atoms with Crippen LogP contribution in [0, 0.1) is 0 Å². The van der Waals surface area contributed by atoms with Gasteiger partial charge in [-0.15, -0.1) is 0 Å². The van der Waals surface area contributed by atoms with Crippen LogP contribution in [0.25, 0.3) is 10.9 Å². The van der Waals surface area contributed by atoms with Crippen molar-refractivity contribution >= 4 is 16.9 Å². The molecular formula is C10H10N2O3. The number of benzene rings is 1. The summed E-state index contributed by atoms with van der Waals surface area (Å²) in [6.07, 6.45) is 1.60.